The smallest absolute Gasteiger partial charge is 0.323 e. The fourth-order valence-electron chi connectivity index (χ4n) is 2.86. The van der Waals surface area contributed by atoms with E-state index in [2.05, 4.69) is 46.7 Å². The van der Waals surface area contributed by atoms with Gasteiger partial charge >= 0.3 is 5.69 Å². The number of nitrogens with one attached hydrogen (secondary N) is 3. The van der Waals surface area contributed by atoms with Gasteiger partial charge < -0.3 is 20.0 Å². The van der Waals surface area contributed by atoms with E-state index < -0.39 is 0 Å². The number of rotatable bonds is 6. The second-order valence-corrected chi connectivity index (χ2v) is 7.87. The summed E-state index contributed by atoms with van der Waals surface area (Å²) in [4.78, 5) is 29.0. The van der Waals surface area contributed by atoms with E-state index in [1.165, 1.54) is 11.8 Å². The zero-order chi connectivity index (χ0) is 18.8. The molecule has 4 rings (SSSR count). The number of carbonyl (C=O) groups excluding carboxylic acids is 1. The van der Waals surface area contributed by atoms with Crippen LogP contribution in [-0.4, -0.2) is 54.5 Å². The van der Waals surface area contributed by atoms with Gasteiger partial charge in [-0.25, -0.2) is 9.48 Å². The van der Waals surface area contributed by atoms with Crippen molar-refractivity contribution in [3.63, 3.8) is 0 Å². The molecule has 0 bridgehead atoms. The minimum atomic E-state index is -0.297. The number of hydrogen-bond donors (Lipinski definition) is 3. The predicted molar refractivity (Wildman–Crippen MR) is 103 cm³/mol. The lowest BCUT2D eigenvalue weighted by Gasteiger charge is -2.10. The number of benzene rings is 1. The zero-order valence-corrected chi connectivity index (χ0v) is 16.5. The maximum atomic E-state index is 12.3. The number of amides is 1. The maximum Gasteiger partial charge on any atom is 0.323 e. The Bertz CT molecular complexity index is 1020. The first-order valence-corrected chi connectivity index (χ1v) is 10.1. The predicted octanol–water partition coefficient (Wildman–Crippen LogP) is 1.51. The molecule has 3 heterocycles. The number of anilines is 1. The molecule has 0 aliphatic carbocycles. The number of carbonyl (C=O) groups is 1. The second kappa shape index (κ2) is 7.82. The maximum absolute atomic E-state index is 12.3. The van der Waals surface area contributed by atoms with E-state index in [1.54, 1.807) is 16.8 Å². The molecule has 0 spiro atoms. The van der Waals surface area contributed by atoms with Gasteiger partial charge in [0.2, 0.25) is 11.1 Å². The Morgan fingerprint density at radius 1 is 1.41 bits per heavy atom. The molecular weight excluding hydrogens is 438 g/mol. The van der Waals surface area contributed by atoms with Crippen molar-refractivity contribution in [3.05, 3.63) is 27.1 Å². The molecule has 1 fully saturated rings. The van der Waals surface area contributed by atoms with Crippen LogP contribution in [0.3, 0.4) is 0 Å². The molecule has 27 heavy (non-hydrogen) atoms. The standard InChI is InChI=1S/C15H16BrN7O3S/c16-9-4-11-12(19-14(25)18-11)5-10(9)17-13(24)7-27-15-20-21-22-23(15)6-8-2-1-3-26-8/h4-5,8H,1-3,6-7H2,(H,17,24)(H2,18,19,25)/t8-/m0/s1. The summed E-state index contributed by atoms with van der Waals surface area (Å²) < 4.78 is 7.94. The Balaban J connectivity index is 1.38. The van der Waals surface area contributed by atoms with Crippen LogP contribution in [0, 0.1) is 0 Å². The van der Waals surface area contributed by atoms with Crippen LogP contribution in [0.2, 0.25) is 0 Å². The quantitative estimate of drug-likeness (QED) is 0.482. The summed E-state index contributed by atoms with van der Waals surface area (Å²) in [5.74, 6) is -0.0513. The molecule has 3 N–H and O–H groups in total. The third kappa shape index (κ3) is 4.22. The molecule has 1 saturated heterocycles. The van der Waals surface area contributed by atoms with E-state index in [-0.39, 0.29) is 23.5 Å². The van der Waals surface area contributed by atoms with Gasteiger partial charge in [-0.05, 0) is 51.3 Å². The lowest BCUT2D eigenvalue weighted by Crippen LogP contribution is -2.18. The number of aromatic amines is 2. The first-order valence-electron chi connectivity index (χ1n) is 8.30. The van der Waals surface area contributed by atoms with Crippen LogP contribution in [-0.2, 0) is 16.1 Å². The first-order chi connectivity index (χ1) is 13.1. The molecule has 1 aliphatic heterocycles. The highest BCUT2D eigenvalue weighted by molar-refractivity contribution is 9.10. The fraction of sp³-hybridized carbons (Fsp3) is 0.400. The van der Waals surface area contributed by atoms with E-state index in [1.807, 2.05) is 0 Å². The molecule has 1 amide bonds. The van der Waals surface area contributed by atoms with E-state index in [0.717, 1.165) is 19.4 Å². The van der Waals surface area contributed by atoms with Crippen molar-refractivity contribution >= 4 is 50.3 Å². The van der Waals surface area contributed by atoms with E-state index in [0.29, 0.717) is 32.9 Å². The highest BCUT2D eigenvalue weighted by atomic mass is 79.9. The van der Waals surface area contributed by atoms with Gasteiger partial charge in [-0.15, -0.1) is 5.10 Å². The second-order valence-electron chi connectivity index (χ2n) is 6.07. The van der Waals surface area contributed by atoms with Crippen LogP contribution in [0.1, 0.15) is 12.8 Å². The van der Waals surface area contributed by atoms with Gasteiger partial charge in [0.05, 0.1) is 35.1 Å². The molecule has 1 atom stereocenters. The van der Waals surface area contributed by atoms with Gasteiger partial charge in [0.15, 0.2) is 0 Å². The summed E-state index contributed by atoms with van der Waals surface area (Å²) in [7, 11) is 0. The molecule has 0 unspecified atom stereocenters. The number of H-pyrrole nitrogens is 2. The molecule has 3 aromatic rings. The Kier molecular flexibility index (Phi) is 5.27. The molecule has 10 nitrogen and oxygen atoms in total. The number of thioether (sulfide) groups is 1. The van der Waals surface area contributed by atoms with Gasteiger partial charge in [0.1, 0.15) is 0 Å². The number of ether oxygens (including phenoxy) is 1. The van der Waals surface area contributed by atoms with Crippen LogP contribution in [0.15, 0.2) is 26.6 Å². The van der Waals surface area contributed by atoms with Gasteiger partial charge in [0, 0.05) is 11.1 Å². The first kappa shape index (κ1) is 18.2. The summed E-state index contributed by atoms with van der Waals surface area (Å²) in [5.41, 5.74) is 1.55. The van der Waals surface area contributed by atoms with Crippen molar-refractivity contribution in [2.45, 2.75) is 30.6 Å². The van der Waals surface area contributed by atoms with Crippen molar-refractivity contribution in [2.24, 2.45) is 0 Å². The Labute approximate surface area is 165 Å². The molecule has 1 aliphatic rings. The van der Waals surface area contributed by atoms with Crippen molar-refractivity contribution in [1.82, 2.24) is 30.2 Å². The summed E-state index contributed by atoms with van der Waals surface area (Å²) in [6.45, 7) is 1.35. The monoisotopic (exact) mass is 453 g/mol. The third-order valence-electron chi connectivity index (χ3n) is 4.11. The molecule has 1 aromatic carbocycles. The highest BCUT2D eigenvalue weighted by Crippen LogP contribution is 2.27. The van der Waals surface area contributed by atoms with Crippen molar-refractivity contribution in [3.8, 4) is 0 Å². The Morgan fingerprint density at radius 3 is 3.00 bits per heavy atom. The number of imidazole rings is 1. The number of nitrogens with zero attached hydrogens (tertiary/aromatic N) is 4. The van der Waals surface area contributed by atoms with Crippen LogP contribution >= 0.6 is 27.7 Å². The molecule has 0 radical (unpaired) electrons. The van der Waals surface area contributed by atoms with Crippen molar-refractivity contribution < 1.29 is 9.53 Å². The summed E-state index contributed by atoms with van der Waals surface area (Å²) in [6, 6.07) is 3.43. The van der Waals surface area contributed by atoms with Crippen LogP contribution < -0.4 is 11.0 Å². The molecule has 142 valence electrons. The van der Waals surface area contributed by atoms with E-state index in [9.17, 15) is 9.59 Å². The van der Waals surface area contributed by atoms with Crippen molar-refractivity contribution in [2.75, 3.05) is 17.7 Å². The number of fused-ring (bicyclic) bond motifs is 1. The summed E-state index contributed by atoms with van der Waals surface area (Å²) >= 11 is 4.66. The average Bonchev–Trinajstić information content (AvgIpc) is 3.35. The third-order valence-corrected chi connectivity index (χ3v) is 5.72. The van der Waals surface area contributed by atoms with E-state index in [4.69, 9.17) is 4.74 Å². The minimum absolute atomic E-state index is 0.118. The lowest BCUT2D eigenvalue weighted by atomic mass is 10.2. The lowest BCUT2D eigenvalue weighted by molar-refractivity contribution is -0.113. The van der Waals surface area contributed by atoms with Gasteiger partial charge in [0.25, 0.3) is 0 Å². The van der Waals surface area contributed by atoms with Crippen LogP contribution in [0.25, 0.3) is 11.0 Å². The highest BCUT2D eigenvalue weighted by Gasteiger charge is 2.19. The number of tetrazole rings is 1. The SMILES string of the molecule is O=C(CSc1nnnn1C[C@@H]1CCCO1)Nc1cc2[nH]c(=O)[nH]c2cc1Br. The minimum Gasteiger partial charge on any atom is -0.376 e. The largest absolute Gasteiger partial charge is 0.376 e. The number of aromatic nitrogens is 6. The Morgan fingerprint density at radius 2 is 2.22 bits per heavy atom. The van der Waals surface area contributed by atoms with Gasteiger partial charge in [-0.1, -0.05) is 11.8 Å². The summed E-state index contributed by atoms with van der Waals surface area (Å²) in [5, 5.41) is 15.0. The summed E-state index contributed by atoms with van der Waals surface area (Å²) in [6.07, 6.45) is 2.15. The normalized spacial score (nSPS) is 16.9. The molecule has 0 saturated carbocycles. The van der Waals surface area contributed by atoms with Crippen molar-refractivity contribution in [1.29, 1.82) is 0 Å². The molecule has 2 aromatic heterocycles. The number of hydrogen-bond acceptors (Lipinski definition) is 7. The zero-order valence-electron chi connectivity index (χ0n) is 14.1. The fourth-order valence-corrected chi connectivity index (χ4v) is 3.99. The Hall–Kier alpha value is -2.18. The topological polar surface area (TPSA) is 131 Å². The average molecular weight is 454 g/mol. The van der Waals surface area contributed by atoms with Gasteiger partial charge in [-0.2, -0.15) is 0 Å². The number of halogens is 1. The molecular formula is C15H16BrN7O3S. The van der Waals surface area contributed by atoms with Crippen LogP contribution in [0.5, 0.6) is 0 Å². The van der Waals surface area contributed by atoms with Gasteiger partial charge in [-0.3, -0.25) is 4.79 Å². The molecule has 12 heteroatoms. The van der Waals surface area contributed by atoms with Crippen LogP contribution in [0.4, 0.5) is 5.69 Å². The van der Waals surface area contributed by atoms with E-state index >= 15 is 0 Å².